The molecule has 2 amide bonds. The maximum atomic E-state index is 12.3. The van der Waals surface area contributed by atoms with Crippen molar-refractivity contribution in [3.05, 3.63) is 30.1 Å². The van der Waals surface area contributed by atoms with Gasteiger partial charge in [-0.25, -0.2) is 4.79 Å². The summed E-state index contributed by atoms with van der Waals surface area (Å²) in [6.45, 7) is 12.0. The Hall–Kier alpha value is -1.62. The van der Waals surface area contributed by atoms with Gasteiger partial charge >= 0.3 is 6.03 Å². The van der Waals surface area contributed by atoms with E-state index in [0.29, 0.717) is 12.0 Å². The maximum Gasteiger partial charge on any atom is 0.317 e. The van der Waals surface area contributed by atoms with Gasteiger partial charge in [-0.3, -0.25) is 9.88 Å². The first-order valence-corrected chi connectivity index (χ1v) is 8.67. The number of urea groups is 1. The highest BCUT2D eigenvalue weighted by Crippen LogP contribution is 2.19. The van der Waals surface area contributed by atoms with Crippen LogP contribution in [0.15, 0.2) is 24.4 Å². The second-order valence-corrected chi connectivity index (χ2v) is 6.93. The molecule has 1 aromatic rings. The lowest BCUT2D eigenvalue weighted by molar-refractivity contribution is 0.111. The maximum absolute atomic E-state index is 12.3. The lowest BCUT2D eigenvalue weighted by Crippen LogP contribution is -2.53. The van der Waals surface area contributed by atoms with Crippen LogP contribution in [-0.2, 0) is 0 Å². The molecule has 23 heavy (non-hydrogen) atoms. The molecule has 1 fully saturated rings. The minimum Gasteiger partial charge on any atom is -0.336 e. The van der Waals surface area contributed by atoms with Crippen molar-refractivity contribution in [3.8, 4) is 0 Å². The van der Waals surface area contributed by atoms with Crippen molar-refractivity contribution < 1.29 is 4.79 Å². The molecule has 1 N–H and O–H groups in total. The van der Waals surface area contributed by atoms with Crippen LogP contribution in [0.5, 0.6) is 0 Å². The smallest absolute Gasteiger partial charge is 0.317 e. The molecule has 128 valence electrons. The number of pyridine rings is 1. The Morgan fingerprint density at radius 1 is 1.17 bits per heavy atom. The monoisotopic (exact) mass is 318 g/mol. The Bertz CT molecular complexity index is 483. The largest absolute Gasteiger partial charge is 0.336 e. The molecule has 1 aromatic heterocycles. The molecule has 1 saturated heterocycles. The lowest BCUT2D eigenvalue weighted by atomic mass is 10.1. The number of piperazine rings is 1. The summed E-state index contributed by atoms with van der Waals surface area (Å²) in [5, 5.41) is 3.11. The van der Waals surface area contributed by atoms with Gasteiger partial charge < -0.3 is 10.2 Å². The van der Waals surface area contributed by atoms with E-state index in [-0.39, 0.29) is 12.1 Å². The standard InChI is InChI=1S/C18H30N4O/c1-14(2)13-15(3)20-18(23)22-11-9-21(10-12-22)16(4)17-7-5-6-8-19-17/h5-8,14-16H,9-13H2,1-4H3,(H,20,23)/t15-,16+/m0/s1. The summed E-state index contributed by atoms with van der Waals surface area (Å²) in [4.78, 5) is 21.1. The van der Waals surface area contributed by atoms with Gasteiger partial charge in [-0.2, -0.15) is 0 Å². The first-order valence-electron chi connectivity index (χ1n) is 8.67. The summed E-state index contributed by atoms with van der Waals surface area (Å²) in [6.07, 6.45) is 2.86. The van der Waals surface area contributed by atoms with Crippen molar-refractivity contribution in [2.24, 2.45) is 5.92 Å². The Kier molecular flexibility index (Phi) is 6.39. The second-order valence-electron chi connectivity index (χ2n) is 6.93. The SMILES string of the molecule is CC(C)C[C@H](C)NC(=O)N1CCN([C@H](C)c2ccccn2)CC1. The van der Waals surface area contributed by atoms with Crippen molar-refractivity contribution in [3.63, 3.8) is 0 Å². The molecule has 0 aliphatic carbocycles. The summed E-state index contributed by atoms with van der Waals surface area (Å²) < 4.78 is 0. The zero-order valence-corrected chi connectivity index (χ0v) is 14.8. The van der Waals surface area contributed by atoms with Crippen molar-refractivity contribution in [1.29, 1.82) is 0 Å². The van der Waals surface area contributed by atoms with E-state index in [4.69, 9.17) is 0 Å². The fraction of sp³-hybridized carbons (Fsp3) is 0.667. The molecule has 0 saturated carbocycles. The minimum atomic E-state index is 0.0725. The van der Waals surface area contributed by atoms with Gasteiger partial charge in [0.2, 0.25) is 0 Å². The first-order chi connectivity index (χ1) is 11.0. The summed E-state index contributed by atoms with van der Waals surface area (Å²) in [5.74, 6) is 0.598. The van der Waals surface area contributed by atoms with Gasteiger partial charge in [0.05, 0.1) is 5.69 Å². The fourth-order valence-corrected chi connectivity index (χ4v) is 3.19. The molecule has 1 aliphatic rings. The van der Waals surface area contributed by atoms with Gasteiger partial charge in [-0.15, -0.1) is 0 Å². The number of rotatable bonds is 5. The predicted octanol–water partition coefficient (Wildman–Crippen LogP) is 2.90. The van der Waals surface area contributed by atoms with Gasteiger partial charge in [0.15, 0.2) is 0 Å². The Morgan fingerprint density at radius 2 is 1.87 bits per heavy atom. The van der Waals surface area contributed by atoms with Gasteiger partial charge in [0.25, 0.3) is 0 Å². The molecular weight excluding hydrogens is 288 g/mol. The normalized spacial score (nSPS) is 18.7. The van der Waals surface area contributed by atoms with Crippen molar-refractivity contribution >= 4 is 6.03 Å². The highest BCUT2D eigenvalue weighted by atomic mass is 16.2. The van der Waals surface area contributed by atoms with E-state index in [1.54, 1.807) is 0 Å². The molecule has 0 bridgehead atoms. The molecule has 0 radical (unpaired) electrons. The van der Waals surface area contributed by atoms with E-state index in [1.807, 2.05) is 23.2 Å². The number of carbonyl (C=O) groups excluding carboxylic acids is 1. The number of nitrogens with one attached hydrogen (secondary N) is 1. The van der Waals surface area contributed by atoms with Crippen LogP contribution in [0.25, 0.3) is 0 Å². The Morgan fingerprint density at radius 3 is 2.43 bits per heavy atom. The second kappa shape index (κ2) is 8.29. The van der Waals surface area contributed by atoms with Crippen LogP contribution in [0.3, 0.4) is 0 Å². The van der Waals surface area contributed by atoms with Gasteiger partial charge in [-0.05, 0) is 38.3 Å². The van der Waals surface area contributed by atoms with Crippen molar-refractivity contribution in [2.45, 2.75) is 46.2 Å². The van der Waals surface area contributed by atoms with Crippen LogP contribution < -0.4 is 5.32 Å². The molecule has 1 aliphatic heterocycles. The van der Waals surface area contributed by atoms with Gasteiger partial charge in [-0.1, -0.05) is 19.9 Å². The minimum absolute atomic E-state index is 0.0725. The lowest BCUT2D eigenvalue weighted by Gasteiger charge is -2.38. The first kappa shape index (κ1) is 17.7. The third kappa shape index (κ3) is 5.20. The van der Waals surface area contributed by atoms with Crippen LogP contribution >= 0.6 is 0 Å². The van der Waals surface area contributed by atoms with Gasteiger partial charge in [0.1, 0.15) is 0 Å². The average Bonchev–Trinajstić information content (AvgIpc) is 2.54. The summed E-state index contributed by atoms with van der Waals surface area (Å²) in [7, 11) is 0. The highest BCUT2D eigenvalue weighted by Gasteiger charge is 2.25. The molecule has 5 heteroatoms. The average molecular weight is 318 g/mol. The number of amides is 2. The summed E-state index contributed by atoms with van der Waals surface area (Å²) in [5.41, 5.74) is 1.09. The molecule has 0 unspecified atom stereocenters. The summed E-state index contributed by atoms with van der Waals surface area (Å²) in [6, 6.07) is 6.63. The number of carbonyl (C=O) groups is 1. The zero-order chi connectivity index (χ0) is 16.8. The Labute approximate surface area is 140 Å². The third-order valence-corrected chi connectivity index (χ3v) is 4.46. The number of aromatic nitrogens is 1. The van der Waals surface area contributed by atoms with E-state index in [9.17, 15) is 4.79 Å². The van der Waals surface area contributed by atoms with E-state index in [0.717, 1.165) is 38.3 Å². The molecule has 2 heterocycles. The van der Waals surface area contributed by atoms with Crippen LogP contribution in [0.4, 0.5) is 4.79 Å². The van der Waals surface area contributed by atoms with Gasteiger partial charge in [0, 0.05) is 44.5 Å². The Balaban J connectivity index is 1.80. The molecular formula is C18H30N4O. The van der Waals surface area contributed by atoms with Crippen LogP contribution in [-0.4, -0.2) is 53.0 Å². The highest BCUT2D eigenvalue weighted by molar-refractivity contribution is 5.74. The van der Waals surface area contributed by atoms with Crippen LogP contribution in [0.1, 0.15) is 45.9 Å². The molecule has 0 spiro atoms. The number of nitrogens with zero attached hydrogens (tertiary/aromatic N) is 3. The van der Waals surface area contributed by atoms with Crippen LogP contribution in [0, 0.1) is 5.92 Å². The molecule has 2 rings (SSSR count). The van der Waals surface area contributed by atoms with E-state index >= 15 is 0 Å². The number of hydrogen-bond donors (Lipinski definition) is 1. The van der Waals surface area contributed by atoms with Crippen LogP contribution in [0.2, 0.25) is 0 Å². The molecule has 2 atom stereocenters. The van der Waals surface area contributed by atoms with Crippen molar-refractivity contribution in [2.75, 3.05) is 26.2 Å². The van der Waals surface area contributed by atoms with E-state index < -0.39 is 0 Å². The molecule has 5 nitrogen and oxygen atoms in total. The quantitative estimate of drug-likeness (QED) is 0.908. The molecule has 0 aromatic carbocycles. The summed E-state index contributed by atoms with van der Waals surface area (Å²) >= 11 is 0. The number of hydrogen-bond acceptors (Lipinski definition) is 3. The zero-order valence-electron chi connectivity index (χ0n) is 14.8. The van der Waals surface area contributed by atoms with E-state index in [2.05, 4.69) is 49.0 Å². The fourth-order valence-electron chi connectivity index (χ4n) is 3.19. The predicted molar refractivity (Wildman–Crippen MR) is 93.2 cm³/mol. The topological polar surface area (TPSA) is 48.5 Å². The third-order valence-electron chi connectivity index (χ3n) is 4.46. The van der Waals surface area contributed by atoms with Crippen molar-refractivity contribution in [1.82, 2.24) is 20.1 Å². The van der Waals surface area contributed by atoms with E-state index in [1.165, 1.54) is 0 Å².